The minimum absolute atomic E-state index is 0.0494. The lowest BCUT2D eigenvalue weighted by Gasteiger charge is -2.36. The number of benzene rings is 1. The molecule has 142 valence electrons. The van der Waals surface area contributed by atoms with Gasteiger partial charge in [-0.2, -0.15) is 0 Å². The van der Waals surface area contributed by atoms with Gasteiger partial charge >= 0.3 is 5.97 Å². The van der Waals surface area contributed by atoms with E-state index in [0.717, 1.165) is 13.8 Å². The van der Waals surface area contributed by atoms with E-state index < -0.39 is 111 Å². The molecular weight excluding hydrogens is 326 g/mol. The Kier molecular flexibility index (Phi) is 2.23. The summed E-state index contributed by atoms with van der Waals surface area (Å²) in [5.74, 6) is -3.41. The van der Waals surface area contributed by atoms with Crippen LogP contribution in [0.3, 0.4) is 0 Å². The van der Waals surface area contributed by atoms with Crippen molar-refractivity contribution in [1.82, 2.24) is 4.90 Å². The molecule has 1 unspecified atom stereocenters. The average molecular weight is 381 g/mol. The van der Waals surface area contributed by atoms with Gasteiger partial charge < -0.3 is 9.85 Å². The molecule has 4 heteroatoms. The maximum atomic E-state index is 14.1. The van der Waals surface area contributed by atoms with E-state index in [1.54, 1.807) is 5.92 Å². The van der Waals surface area contributed by atoms with E-state index in [1.165, 1.54) is 0 Å². The van der Waals surface area contributed by atoms with E-state index in [0.29, 0.717) is 0 Å². The molecule has 0 spiro atoms. The van der Waals surface area contributed by atoms with Crippen molar-refractivity contribution in [3.8, 4) is 11.8 Å². The van der Waals surface area contributed by atoms with Crippen molar-refractivity contribution in [3.05, 3.63) is 35.8 Å². The molecule has 4 nitrogen and oxygen atoms in total. The summed E-state index contributed by atoms with van der Waals surface area (Å²) < 4.78 is 194. The first kappa shape index (κ1) is 5.59. The fourth-order valence-corrected chi connectivity index (χ4v) is 1.74. The Balaban J connectivity index is 3.08. The molecule has 26 heavy (non-hydrogen) atoms. The largest absolute Gasteiger partial charge is 0.450 e. The number of rotatable bonds is 8. The van der Waals surface area contributed by atoms with Crippen LogP contribution in [0.15, 0.2) is 30.2 Å². The van der Waals surface area contributed by atoms with Gasteiger partial charge in [-0.1, -0.05) is 75.0 Å². The maximum absolute atomic E-state index is 14.1. The highest BCUT2D eigenvalue weighted by Crippen LogP contribution is 2.40. The highest BCUT2D eigenvalue weighted by molar-refractivity contribution is 5.81. The second-order valence-electron chi connectivity index (χ2n) is 4.45. The molecule has 0 bridgehead atoms. The third-order valence-electron chi connectivity index (χ3n) is 2.97. The lowest BCUT2D eigenvalue weighted by Crippen LogP contribution is -2.45. The summed E-state index contributed by atoms with van der Waals surface area (Å²) in [7, 11) is 0. The number of hydrogen-bond acceptors (Lipinski definition) is 4. The number of ether oxygens (including phenoxy) is 1. The first-order chi connectivity index (χ1) is 21.5. The molecule has 1 saturated carbocycles. The Morgan fingerprint density at radius 3 is 2.69 bits per heavy atom. The summed E-state index contributed by atoms with van der Waals surface area (Å²) >= 11 is 0. The minimum atomic E-state index is -4.66. The normalized spacial score (nSPS) is 42.7. The van der Waals surface area contributed by atoms with E-state index in [1.807, 2.05) is 5.92 Å². The third kappa shape index (κ3) is 5.09. The molecule has 0 amide bonds. The van der Waals surface area contributed by atoms with Crippen LogP contribution in [-0.2, 0) is 15.1 Å². The van der Waals surface area contributed by atoms with Gasteiger partial charge in [-0.15, -0.1) is 0 Å². The molecule has 1 aromatic carbocycles. The number of carbonyl (C=O) groups is 1. The second kappa shape index (κ2) is 10.4. The van der Waals surface area contributed by atoms with Crippen molar-refractivity contribution in [3.63, 3.8) is 0 Å². The highest BCUT2D eigenvalue weighted by atomic mass is 16.5. The van der Waals surface area contributed by atoms with Gasteiger partial charge in [0.05, 0.1) is 16.1 Å². The lowest BCUT2D eigenvalue weighted by molar-refractivity contribution is -0.174. The van der Waals surface area contributed by atoms with Crippen LogP contribution in [0.1, 0.15) is 81.4 Å². The fraction of sp³-hybridized carbons (Fsp3) is 0.591. The molecular formula is C22H31NO3. The van der Waals surface area contributed by atoms with Gasteiger partial charge in [0, 0.05) is 26.5 Å². The molecule has 1 fully saturated rings. The van der Waals surface area contributed by atoms with Crippen molar-refractivity contribution in [2.45, 2.75) is 51.3 Å². The second-order valence-corrected chi connectivity index (χ2v) is 4.45. The third-order valence-corrected chi connectivity index (χ3v) is 2.97. The van der Waals surface area contributed by atoms with Gasteiger partial charge in [-0.05, 0) is 31.3 Å². The molecule has 0 aliphatic heterocycles. The molecule has 1 aromatic rings. The molecule has 0 saturated heterocycles. The zero-order valence-corrected chi connectivity index (χ0v) is 13.9. The molecule has 0 heterocycles. The summed E-state index contributed by atoms with van der Waals surface area (Å²) in [6.07, 6.45) is -21.8. The Bertz CT molecular complexity index is 1480. The zero-order chi connectivity index (χ0) is 39.2. The van der Waals surface area contributed by atoms with Crippen LogP contribution in [0, 0.1) is 17.7 Å². The predicted molar refractivity (Wildman–Crippen MR) is 103 cm³/mol. The number of hydrogen-bond donors (Lipinski definition) is 1. The first-order valence-electron chi connectivity index (χ1n) is 18.6. The summed E-state index contributed by atoms with van der Waals surface area (Å²) in [4.78, 5) is 14.1. The van der Waals surface area contributed by atoms with Gasteiger partial charge in [0.25, 0.3) is 0 Å². The lowest BCUT2D eigenvalue weighted by atomic mass is 9.73. The molecule has 1 aliphatic rings. The molecule has 2 rings (SSSR count). The smallest absolute Gasteiger partial charge is 0.344 e. The quantitative estimate of drug-likeness (QED) is 0.555. The van der Waals surface area contributed by atoms with Crippen LogP contribution >= 0.6 is 0 Å². The first-order valence-corrected chi connectivity index (χ1v) is 7.18. The molecule has 0 radical (unpaired) electrons. The number of aliphatic hydroxyl groups is 1. The van der Waals surface area contributed by atoms with Crippen LogP contribution in [0.4, 0.5) is 0 Å². The number of carbonyl (C=O) groups excluding carboxylic acids is 1. The van der Waals surface area contributed by atoms with E-state index in [9.17, 15) is 6.17 Å². The molecule has 1 N–H and O–H groups in total. The monoisotopic (exact) mass is 380 g/mol. The summed E-state index contributed by atoms with van der Waals surface area (Å²) in [6.45, 7) is -8.40. The minimum Gasteiger partial charge on any atom is -0.450 e. The summed E-state index contributed by atoms with van der Waals surface area (Å²) in [5.41, 5.74) is -6.12. The summed E-state index contributed by atoms with van der Waals surface area (Å²) in [5, 5.41) is 4.45. The van der Waals surface area contributed by atoms with Crippen LogP contribution in [0.25, 0.3) is 0 Å². The van der Waals surface area contributed by atoms with Gasteiger partial charge in [-0.3, -0.25) is 4.90 Å². The summed E-state index contributed by atoms with van der Waals surface area (Å²) in [6, 6.07) is -6.91. The van der Waals surface area contributed by atoms with Crippen LogP contribution < -0.4 is 0 Å². The zero-order valence-electron chi connectivity index (χ0n) is 36.9. The van der Waals surface area contributed by atoms with Crippen molar-refractivity contribution < 1.29 is 44.8 Å². The van der Waals surface area contributed by atoms with Crippen molar-refractivity contribution >= 4 is 5.97 Å². The molecule has 1 aliphatic carbocycles. The van der Waals surface area contributed by atoms with E-state index >= 15 is 0 Å². The van der Waals surface area contributed by atoms with E-state index in [4.69, 9.17) is 35.0 Å². The van der Waals surface area contributed by atoms with Crippen LogP contribution in [0.2, 0.25) is 0 Å². The van der Waals surface area contributed by atoms with Crippen molar-refractivity contribution in [2.24, 2.45) is 5.89 Å². The van der Waals surface area contributed by atoms with Crippen molar-refractivity contribution in [1.29, 1.82) is 1.43 Å². The predicted octanol–water partition coefficient (Wildman–Crippen LogP) is 3.34. The van der Waals surface area contributed by atoms with Gasteiger partial charge in [-0.25, -0.2) is 4.79 Å². The Hall–Kier alpha value is -1.83. The Morgan fingerprint density at radius 1 is 1.38 bits per heavy atom. The maximum Gasteiger partial charge on any atom is 0.344 e. The molecule has 1 atom stereocenters. The number of esters is 1. The average Bonchev–Trinajstić information content (AvgIpc) is 2.91. The van der Waals surface area contributed by atoms with Crippen molar-refractivity contribution in [2.75, 3.05) is 26.1 Å². The van der Waals surface area contributed by atoms with Crippen LogP contribution in [0.5, 0.6) is 0 Å². The standard InChI is InChI=1S/C22H31NO3/c1-3-23(4-2)17-11-12-18-26-21(24)22(25,19-13-7-5-8-14-19)20-15-9-6-10-16-20/h5,7-8,13-14,20,25H,3-4,6,9-10,15-18H2,1-2H3/i3D2,4D2,5D,6D2,7D,8D,9D2,10D2,13D,14D,15D2,16D2,17D2,20D,25D. The fourth-order valence-electron chi connectivity index (χ4n) is 1.74. The van der Waals surface area contributed by atoms with Gasteiger partial charge in [0.15, 0.2) is 12.2 Å². The Labute approximate surface area is 189 Å². The molecule has 0 aromatic heterocycles. The topological polar surface area (TPSA) is 49.8 Å². The van der Waals surface area contributed by atoms with Crippen LogP contribution in [-0.4, -0.2) is 43.5 Å². The number of nitrogens with zero attached hydrogens (tertiary/aromatic N) is 1. The van der Waals surface area contributed by atoms with E-state index in [2.05, 4.69) is 5.11 Å². The highest BCUT2D eigenvalue weighted by Gasteiger charge is 2.46. The van der Waals surface area contributed by atoms with Gasteiger partial charge in [0.1, 0.15) is 0 Å². The van der Waals surface area contributed by atoms with Gasteiger partial charge in [0.2, 0.25) is 1.43 Å². The van der Waals surface area contributed by atoms with E-state index in [-0.39, 0.29) is 4.90 Å². The SMILES string of the molecule is [2H]OC(C(=O)OCC#CC([2H])([2H])N(C([2H])([2H])C)C([2H])([2H])C)(c1c([2H])c([2H])c([2H])c([2H])c1[2H])C1([2H])C([2H])([2H])C([2H])([2H])C([2H])([2H])C([2H])([2H])C1([2H])[2H]. The Morgan fingerprint density at radius 2 is 2.08 bits per heavy atom.